The second-order valence-electron chi connectivity index (χ2n) is 16.0. The number of hydrogen-bond donors (Lipinski definition) is 1. The highest BCUT2D eigenvalue weighted by atomic mass is 35.5. The van der Waals surface area contributed by atoms with Gasteiger partial charge in [-0.05, 0) is 75.2 Å². The first-order chi connectivity index (χ1) is 22.7. The maximum absolute atomic E-state index is 13.8. The quantitative estimate of drug-likeness (QED) is 0.253. The van der Waals surface area contributed by atoms with E-state index in [0.717, 1.165) is 12.0 Å². The van der Waals surface area contributed by atoms with E-state index in [1.54, 1.807) is 34.2 Å². The van der Waals surface area contributed by atoms with Gasteiger partial charge in [0.15, 0.2) is 14.0 Å². The molecule has 2 aliphatic heterocycles. The zero-order chi connectivity index (χ0) is 36.1. The van der Waals surface area contributed by atoms with E-state index in [4.69, 9.17) is 25.7 Å². The summed E-state index contributed by atoms with van der Waals surface area (Å²) < 4.78 is 12.3. The molecular weight excluding hydrogens is 658 g/mol. The van der Waals surface area contributed by atoms with Gasteiger partial charge in [-0.15, -0.1) is 0 Å². The Kier molecular flexibility index (Phi) is 9.62. The molecule has 13 heteroatoms. The van der Waals surface area contributed by atoms with Crippen LogP contribution in [0.25, 0.3) is 11.3 Å². The third-order valence-electron chi connectivity index (χ3n) is 9.35. The summed E-state index contributed by atoms with van der Waals surface area (Å²) in [4.78, 5) is 43.8. The van der Waals surface area contributed by atoms with Gasteiger partial charge in [-0.25, -0.2) is 19.7 Å². The Morgan fingerprint density at radius 3 is 2.49 bits per heavy atom. The predicted molar refractivity (Wildman–Crippen MR) is 194 cm³/mol. The first kappa shape index (κ1) is 36.2. The molecule has 0 radical (unpaired) electrons. The normalized spacial score (nSPS) is 17.5. The van der Waals surface area contributed by atoms with Crippen molar-refractivity contribution in [2.24, 2.45) is 0 Å². The second-order valence-corrected chi connectivity index (χ2v) is 21.2. The van der Waals surface area contributed by atoms with Crippen molar-refractivity contribution in [2.75, 3.05) is 29.9 Å². The van der Waals surface area contributed by atoms with Crippen molar-refractivity contribution in [2.45, 2.75) is 97.1 Å². The predicted octanol–water partition coefficient (Wildman–Crippen LogP) is 8.08. The van der Waals surface area contributed by atoms with Crippen LogP contribution in [0.2, 0.25) is 23.2 Å². The summed E-state index contributed by atoms with van der Waals surface area (Å²) in [5, 5.41) is 13.8. The minimum Gasteiger partial charge on any atom is -0.443 e. The number of nitrogens with one attached hydrogen (secondary N) is 1. The summed E-state index contributed by atoms with van der Waals surface area (Å²) in [5.74, 6) is -0.00414. The molecule has 11 nitrogen and oxygen atoms in total. The molecular formula is C36H46ClN7O4Si. The topological polar surface area (TPSA) is 134 Å². The SMILES string of the molecule is CC(C)(C)OC(=O)N1CC(C)(C)c2cc(-c3ccnc(Nc4cc(Cl)cnc4C(=O)N4CCC(O[Si](C)(C)C(C)(C)C)C4)n3)cc(C#N)c21. The van der Waals surface area contributed by atoms with Crippen molar-refractivity contribution in [3.8, 4) is 17.3 Å². The van der Waals surface area contributed by atoms with Gasteiger partial charge in [-0.1, -0.05) is 46.2 Å². The maximum Gasteiger partial charge on any atom is 0.414 e. The van der Waals surface area contributed by atoms with Gasteiger partial charge in [0.2, 0.25) is 5.95 Å². The number of fused-ring (bicyclic) bond motifs is 1. The summed E-state index contributed by atoms with van der Waals surface area (Å²) in [6.45, 7) is 22.0. The highest BCUT2D eigenvalue weighted by Crippen LogP contribution is 2.45. The lowest BCUT2D eigenvalue weighted by atomic mass is 9.85. The van der Waals surface area contributed by atoms with E-state index in [-0.39, 0.29) is 28.7 Å². The van der Waals surface area contributed by atoms with Gasteiger partial charge in [0.05, 0.1) is 33.8 Å². The summed E-state index contributed by atoms with van der Waals surface area (Å²) in [7, 11) is -1.99. The number of nitrogens with zero attached hydrogens (tertiary/aromatic N) is 6. The number of ether oxygens (including phenoxy) is 1. The summed E-state index contributed by atoms with van der Waals surface area (Å²) in [6.07, 6.45) is 3.29. The fourth-order valence-corrected chi connectivity index (χ4v) is 7.40. The van der Waals surface area contributed by atoms with Crippen LogP contribution < -0.4 is 10.2 Å². The Morgan fingerprint density at radius 1 is 1.12 bits per heavy atom. The number of nitriles is 1. The molecule has 1 unspecified atom stereocenters. The molecule has 1 atom stereocenters. The number of benzene rings is 1. The van der Waals surface area contributed by atoms with E-state index < -0.39 is 25.4 Å². The summed E-state index contributed by atoms with van der Waals surface area (Å²) in [6, 6.07) is 9.33. The summed E-state index contributed by atoms with van der Waals surface area (Å²) in [5.41, 5.74) is 2.42. The van der Waals surface area contributed by atoms with E-state index in [0.29, 0.717) is 52.9 Å². The minimum absolute atomic E-state index is 0.0274. The largest absolute Gasteiger partial charge is 0.443 e. The molecule has 0 spiro atoms. The van der Waals surface area contributed by atoms with E-state index in [1.165, 1.54) is 6.20 Å². The van der Waals surface area contributed by atoms with Crippen molar-refractivity contribution in [3.05, 3.63) is 58.5 Å². The molecule has 1 N–H and O–H groups in total. The van der Waals surface area contributed by atoms with E-state index in [9.17, 15) is 14.9 Å². The Bertz CT molecular complexity index is 1830. The van der Waals surface area contributed by atoms with Crippen molar-refractivity contribution >= 4 is 49.2 Å². The lowest BCUT2D eigenvalue weighted by Gasteiger charge is -2.38. The number of aromatic nitrogens is 3. The molecule has 49 heavy (non-hydrogen) atoms. The average molecular weight is 704 g/mol. The fraction of sp³-hybridized carbons (Fsp3) is 0.500. The zero-order valence-corrected chi connectivity index (χ0v) is 31.8. The summed E-state index contributed by atoms with van der Waals surface area (Å²) >= 11 is 6.35. The van der Waals surface area contributed by atoms with Gasteiger partial charge >= 0.3 is 6.09 Å². The van der Waals surface area contributed by atoms with Gasteiger partial charge in [-0.3, -0.25) is 9.69 Å². The Morgan fingerprint density at radius 2 is 1.84 bits per heavy atom. The first-order valence-corrected chi connectivity index (χ1v) is 19.8. The first-order valence-electron chi connectivity index (χ1n) is 16.5. The number of carbonyl (C=O) groups is 2. The van der Waals surface area contributed by atoms with E-state index in [2.05, 4.69) is 55.2 Å². The number of carbonyl (C=O) groups excluding carboxylic acids is 2. The number of pyridine rings is 1. The molecule has 5 rings (SSSR count). The van der Waals surface area contributed by atoms with Crippen LogP contribution in [-0.4, -0.2) is 71.5 Å². The number of likely N-dealkylation sites (tertiary alicyclic amines) is 1. The standard InChI is InChI=1S/C36H46ClN7O4Si/c1-34(2,3)47-33(46)44-21-36(7,8)26-16-22(15-23(18-38)30(26)44)27-11-13-39-32(41-27)42-28-17-24(37)19-40-29(28)31(45)43-14-12-25(20-43)48-49(9,10)35(4,5)6/h11,13,15-17,19,25H,12,14,20-21H2,1-10H3,(H,39,41,42). The number of amides is 2. The third-order valence-corrected chi connectivity index (χ3v) is 14.1. The smallest absolute Gasteiger partial charge is 0.414 e. The highest BCUT2D eigenvalue weighted by molar-refractivity contribution is 6.74. The molecule has 1 fully saturated rings. The van der Waals surface area contributed by atoms with Gasteiger partial charge < -0.3 is 19.4 Å². The van der Waals surface area contributed by atoms with Gasteiger partial charge in [-0.2, -0.15) is 5.26 Å². The lowest BCUT2D eigenvalue weighted by Crippen LogP contribution is -2.44. The molecule has 0 bridgehead atoms. The maximum atomic E-state index is 13.8. The second kappa shape index (κ2) is 13.0. The van der Waals surface area contributed by atoms with Crippen LogP contribution in [0.1, 0.15) is 83.4 Å². The Hall–Kier alpha value is -4.05. The molecule has 2 aromatic heterocycles. The van der Waals surface area contributed by atoms with Crippen LogP contribution >= 0.6 is 11.6 Å². The monoisotopic (exact) mass is 703 g/mol. The lowest BCUT2D eigenvalue weighted by molar-refractivity contribution is 0.0578. The van der Waals surface area contributed by atoms with Crippen molar-refractivity contribution in [1.82, 2.24) is 19.9 Å². The number of halogens is 1. The van der Waals surface area contributed by atoms with E-state index >= 15 is 0 Å². The molecule has 0 aliphatic carbocycles. The Labute approximate surface area is 295 Å². The van der Waals surface area contributed by atoms with Gasteiger partial charge in [0.1, 0.15) is 11.7 Å². The van der Waals surface area contributed by atoms with E-state index in [1.807, 2.05) is 40.7 Å². The van der Waals surface area contributed by atoms with Crippen LogP contribution in [0, 0.1) is 11.3 Å². The van der Waals surface area contributed by atoms with Crippen LogP contribution in [0.15, 0.2) is 36.7 Å². The molecule has 2 aliphatic rings. The van der Waals surface area contributed by atoms with Crippen LogP contribution in [-0.2, 0) is 14.6 Å². The molecule has 4 heterocycles. The minimum atomic E-state index is -1.99. The van der Waals surface area contributed by atoms with Gasteiger partial charge in [0, 0.05) is 43.0 Å². The molecule has 3 aromatic rings. The van der Waals surface area contributed by atoms with Crippen LogP contribution in [0.5, 0.6) is 0 Å². The van der Waals surface area contributed by atoms with Crippen LogP contribution in [0.4, 0.5) is 22.1 Å². The van der Waals surface area contributed by atoms with Crippen molar-refractivity contribution in [3.63, 3.8) is 0 Å². The Balaban J connectivity index is 1.41. The average Bonchev–Trinajstić information content (AvgIpc) is 3.56. The van der Waals surface area contributed by atoms with Crippen molar-refractivity contribution in [1.29, 1.82) is 5.26 Å². The number of rotatable bonds is 6. The fourth-order valence-electron chi connectivity index (χ4n) is 5.86. The molecule has 1 saturated heterocycles. The van der Waals surface area contributed by atoms with Gasteiger partial charge in [0.25, 0.3) is 5.91 Å². The highest BCUT2D eigenvalue weighted by Gasteiger charge is 2.43. The van der Waals surface area contributed by atoms with Crippen molar-refractivity contribution < 1.29 is 18.8 Å². The van der Waals surface area contributed by atoms with Crippen LogP contribution in [0.3, 0.4) is 0 Å². The third kappa shape index (κ3) is 7.74. The molecule has 0 saturated carbocycles. The zero-order valence-electron chi connectivity index (χ0n) is 30.1. The molecule has 1 aromatic carbocycles. The number of anilines is 3. The molecule has 260 valence electrons. The number of hydrogen-bond acceptors (Lipinski definition) is 9. The molecule has 2 amide bonds.